The average Bonchev–Trinajstić information content (AvgIpc) is 2.64. The Bertz CT molecular complexity index is 976. The van der Waals surface area contributed by atoms with E-state index in [0.29, 0.717) is 32.4 Å². The van der Waals surface area contributed by atoms with Crippen molar-refractivity contribution in [2.75, 3.05) is 5.43 Å². The zero-order chi connectivity index (χ0) is 19.2. The van der Waals surface area contributed by atoms with Gasteiger partial charge < -0.3 is 4.74 Å². The van der Waals surface area contributed by atoms with Crippen molar-refractivity contribution in [1.29, 1.82) is 0 Å². The van der Waals surface area contributed by atoms with Gasteiger partial charge in [-0.1, -0.05) is 64.6 Å². The summed E-state index contributed by atoms with van der Waals surface area (Å²) in [7, 11) is 0. The lowest BCUT2D eigenvalue weighted by Gasteiger charge is -2.08. The maximum Gasteiger partial charge on any atom is 0.120 e. The molecule has 138 valence electrons. The molecule has 0 atom stereocenters. The molecular weight excluding hydrogens is 426 g/mol. The largest absolute Gasteiger partial charge is 0.489 e. The smallest absolute Gasteiger partial charge is 0.120 e. The second kappa shape index (κ2) is 9.34. The molecule has 0 aliphatic carbocycles. The third-order valence-corrected chi connectivity index (χ3v) is 4.92. The predicted molar refractivity (Wildman–Crippen MR) is 115 cm³/mol. The van der Waals surface area contributed by atoms with Gasteiger partial charge in [0.15, 0.2) is 0 Å². The van der Waals surface area contributed by atoms with Gasteiger partial charge in [0, 0.05) is 15.6 Å². The molecule has 27 heavy (non-hydrogen) atoms. The molecule has 0 amide bonds. The quantitative estimate of drug-likeness (QED) is 0.322. The number of benzene rings is 3. The zero-order valence-electron chi connectivity index (χ0n) is 13.9. The van der Waals surface area contributed by atoms with Crippen LogP contribution in [0.3, 0.4) is 0 Å². The lowest BCUT2D eigenvalue weighted by Crippen LogP contribution is -1.97. The summed E-state index contributed by atoms with van der Waals surface area (Å²) >= 11 is 23.9. The van der Waals surface area contributed by atoms with Crippen molar-refractivity contribution in [3.05, 3.63) is 91.9 Å². The van der Waals surface area contributed by atoms with Gasteiger partial charge in [0.25, 0.3) is 0 Å². The Morgan fingerprint density at radius 3 is 2.48 bits per heavy atom. The lowest BCUT2D eigenvalue weighted by atomic mass is 10.2. The Kier molecular flexibility index (Phi) is 6.86. The molecule has 0 saturated heterocycles. The van der Waals surface area contributed by atoms with Crippen molar-refractivity contribution in [2.24, 2.45) is 5.10 Å². The van der Waals surface area contributed by atoms with Crippen molar-refractivity contribution < 1.29 is 4.74 Å². The minimum absolute atomic E-state index is 0.345. The highest BCUT2D eigenvalue weighted by atomic mass is 35.5. The standard InChI is InChI=1S/C20H14Cl4N2O/c21-15-5-4-14(19(23)9-15)12-27-17-3-1-2-13(8-17)11-25-26-16-6-7-18(22)20(24)10-16/h1-11,26H,12H2. The molecule has 0 spiro atoms. The molecule has 0 bridgehead atoms. The number of nitrogens with zero attached hydrogens (tertiary/aromatic N) is 1. The van der Waals surface area contributed by atoms with Gasteiger partial charge in [-0.3, -0.25) is 5.43 Å². The topological polar surface area (TPSA) is 33.6 Å². The number of hydrogen-bond acceptors (Lipinski definition) is 3. The first-order valence-corrected chi connectivity index (χ1v) is 9.43. The third kappa shape index (κ3) is 5.78. The van der Waals surface area contributed by atoms with Gasteiger partial charge in [0.1, 0.15) is 12.4 Å². The van der Waals surface area contributed by atoms with E-state index in [1.807, 2.05) is 30.3 Å². The third-order valence-electron chi connectivity index (χ3n) is 3.59. The van der Waals surface area contributed by atoms with Crippen LogP contribution in [0.2, 0.25) is 20.1 Å². The predicted octanol–water partition coefficient (Wildman–Crippen LogP) is 7.33. The first-order chi connectivity index (χ1) is 13.0. The van der Waals surface area contributed by atoms with E-state index in [-0.39, 0.29) is 0 Å². The number of hydrazone groups is 1. The fourth-order valence-electron chi connectivity index (χ4n) is 2.23. The summed E-state index contributed by atoms with van der Waals surface area (Å²) in [6, 6.07) is 18.1. The maximum atomic E-state index is 6.16. The molecule has 0 aliphatic rings. The first kappa shape index (κ1) is 19.8. The first-order valence-electron chi connectivity index (χ1n) is 7.92. The van der Waals surface area contributed by atoms with Crippen molar-refractivity contribution in [3.63, 3.8) is 0 Å². The van der Waals surface area contributed by atoms with E-state index >= 15 is 0 Å². The highest BCUT2D eigenvalue weighted by Crippen LogP contribution is 2.25. The molecule has 1 N–H and O–H groups in total. The molecule has 0 heterocycles. The van der Waals surface area contributed by atoms with Gasteiger partial charge in [-0.15, -0.1) is 0 Å². The number of rotatable bonds is 6. The van der Waals surface area contributed by atoms with E-state index in [0.717, 1.165) is 16.8 Å². The molecule has 3 nitrogen and oxygen atoms in total. The molecule has 3 rings (SSSR count). The van der Waals surface area contributed by atoms with Crippen LogP contribution in [-0.2, 0) is 6.61 Å². The zero-order valence-corrected chi connectivity index (χ0v) is 16.9. The molecule has 0 aromatic heterocycles. The van der Waals surface area contributed by atoms with Crippen LogP contribution < -0.4 is 10.2 Å². The summed E-state index contributed by atoms with van der Waals surface area (Å²) in [5, 5.41) is 6.33. The van der Waals surface area contributed by atoms with Gasteiger partial charge in [-0.05, 0) is 48.0 Å². The Balaban J connectivity index is 1.61. The molecule has 3 aromatic rings. The minimum Gasteiger partial charge on any atom is -0.489 e. The molecular formula is C20H14Cl4N2O. The molecule has 0 unspecified atom stereocenters. The lowest BCUT2D eigenvalue weighted by molar-refractivity contribution is 0.306. The van der Waals surface area contributed by atoms with Crippen LogP contribution in [0.4, 0.5) is 5.69 Å². The van der Waals surface area contributed by atoms with Gasteiger partial charge >= 0.3 is 0 Å². The van der Waals surface area contributed by atoms with E-state index in [2.05, 4.69) is 10.5 Å². The molecule has 0 fully saturated rings. The van der Waals surface area contributed by atoms with Crippen LogP contribution in [0, 0.1) is 0 Å². The van der Waals surface area contributed by atoms with E-state index in [9.17, 15) is 0 Å². The van der Waals surface area contributed by atoms with E-state index in [1.165, 1.54) is 0 Å². The second-order valence-electron chi connectivity index (χ2n) is 5.60. The fourth-order valence-corrected chi connectivity index (χ4v) is 2.99. The van der Waals surface area contributed by atoms with Crippen LogP contribution in [0.5, 0.6) is 5.75 Å². The Labute approximate surface area is 177 Å². The monoisotopic (exact) mass is 438 g/mol. The second-order valence-corrected chi connectivity index (χ2v) is 7.25. The summed E-state index contributed by atoms with van der Waals surface area (Å²) in [5.74, 6) is 0.708. The van der Waals surface area contributed by atoms with E-state index in [4.69, 9.17) is 51.1 Å². The normalized spacial score (nSPS) is 11.0. The number of hydrogen-bond donors (Lipinski definition) is 1. The van der Waals surface area contributed by atoms with Crippen LogP contribution in [0.25, 0.3) is 0 Å². The molecule has 0 saturated carbocycles. The minimum atomic E-state index is 0.345. The molecule has 3 aromatic carbocycles. The summed E-state index contributed by atoms with van der Waals surface area (Å²) in [6.45, 7) is 0.345. The van der Waals surface area contributed by atoms with Gasteiger partial charge in [-0.25, -0.2) is 0 Å². The average molecular weight is 440 g/mol. The van der Waals surface area contributed by atoms with Gasteiger partial charge in [-0.2, -0.15) is 5.10 Å². The summed E-state index contributed by atoms with van der Waals surface area (Å²) in [5.41, 5.74) is 5.39. The Morgan fingerprint density at radius 1 is 0.852 bits per heavy atom. The molecule has 7 heteroatoms. The van der Waals surface area contributed by atoms with E-state index < -0.39 is 0 Å². The number of ether oxygens (including phenoxy) is 1. The highest BCUT2D eigenvalue weighted by Gasteiger charge is 2.03. The van der Waals surface area contributed by atoms with Crippen molar-refractivity contribution in [3.8, 4) is 5.75 Å². The molecule has 0 aliphatic heterocycles. The SMILES string of the molecule is Clc1ccc(COc2cccc(C=NNc3ccc(Cl)c(Cl)c3)c2)c(Cl)c1. The Hall–Kier alpha value is -1.91. The molecule has 0 radical (unpaired) electrons. The summed E-state index contributed by atoms with van der Waals surface area (Å²) in [4.78, 5) is 0. The highest BCUT2D eigenvalue weighted by molar-refractivity contribution is 6.42. The number of nitrogens with one attached hydrogen (secondary N) is 1. The fraction of sp³-hybridized carbons (Fsp3) is 0.0500. The van der Waals surface area contributed by atoms with Crippen molar-refractivity contribution in [1.82, 2.24) is 0 Å². The van der Waals surface area contributed by atoms with Crippen LogP contribution in [0.1, 0.15) is 11.1 Å². The number of halogens is 4. The Morgan fingerprint density at radius 2 is 1.70 bits per heavy atom. The van der Waals surface area contributed by atoms with Crippen molar-refractivity contribution >= 4 is 58.3 Å². The van der Waals surface area contributed by atoms with Crippen molar-refractivity contribution in [2.45, 2.75) is 6.61 Å². The van der Waals surface area contributed by atoms with E-state index in [1.54, 1.807) is 36.5 Å². The van der Waals surface area contributed by atoms with Crippen LogP contribution in [0.15, 0.2) is 65.8 Å². The summed E-state index contributed by atoms with van der Waals surface area (Å²) in [6.07, 6.45) is 1.69. The maximum absolute atomic E-state index is 6.16. The van der Waals surface area contributed by atoms with Crippen LogP contribution >= 0.6 is 46.4 Å². The van der Waals surface area contributed by atoms with Gasteiger partial charge in [0.05, 0.1) is 21.9 Å². The number of anilines is 1. The van der Waals surface area contributed by atoms with Crippen LogP contribution in [-0.4, -0.2) is 6.21 Å². The summed E-state index contributed by atoms with van der Waals surface area (Å²) < 4.78 is 5.81. The van der Waals surface area contributed by atoms with Gasteiger partial charge in [0.2, 0.25) is 0 Å².